The van der Waals surface area contributed by atoms with E-state index in [4.69, 9.17) is 5.26 Å². The van der Waals surface area contributed by atoms with Crippen LogP contribution < -0.4 is 5.32 Å². The molecule has 0 radical (unpaired) electrons. The number of fused-ring (bicyclic) bond motifs is 1. The molecule has 1 heterocycles. The minimum absolute atomic E-state index is 0.254. The number of aryl methyl sites for hydroxylation is 2. The molecule has 0 saturated heterocycles. The zero-order valence-corrected chi connectivity index (χ0v) is 10.9. The van der Waals surface area contributed by atoms with Gasteiger partial charge in [-0.05, 0) is 54.7 Å². The quantitative estimate of drug-likeness (QED) is 0.905. The molecule has 0 bridgehead atoms. The van der Waals surface area contributed by atoms with Crippen molar-refractivity contribution in [1.29, 1.82) is 5.26 Å². The van der Waals surface area contributed by atoms with Gasteiger partial charge in [0.25, 0.3) is 5.91 Å². The van der Waals surface area contributed by atoms with E-state index in [9.17, 15) is 4.79 Å². The van der Waals surface area contributed by atoms with E-state index in [1.54, 1.807) is 6.07 Å². The van der Waals surface area contributed by atoms with Crippen molar-refractivity contribution in [3.63, 3.8) is 0 Å². The third-order valence-electron chi connectivity index (χ3n) is 3.48. The first-order valence-electron chi connectivity index (χ1n) is 6.55. The van der Waals surface area contributed by atoms with Gasteiger partial charge in [-0.1, -0.05) is 6.07 Å². The zero-order valence-electron chi connectivity index (χ0n) is 10.9. The van der Waals surface area contributed by atoms with Gasteiger partial charge in [-0.3, -0.25) is 9.78 Å². The average Bonchev–Trinajstić information content (AvgIpc) is 2.95. The molecule has 0 unspecified atom stereocenters. The van der Waals surface area contributed by atoms with Gasteiger partial charge >= 0.3 is 0 Å². The second-order valence-corrected chi connectivity index (χ2v) is 4.83. The molecule has 2 aromatic rings. The maximum atomic E-state index is 12.1. The molecule has 3 rings (SSSR count). The third-order valence-corrected chi connectivity index (χ3v) is 3.48. The van der Waals surface area contributed by atoms with Crippen molar-refractivity contribution in [1.82, 2.24) is 4.98 Å². The monoisotopic (exact) mass is 263 g/mol. The number of pyridine rings is 1. The predicted octanol–water partition coefficient (Wildman–Crippen LogP) is 2.69. The number of rotatable bonds is 2. The molecule has 4 nitrogen and oxygen atoms in total. The molecular weight excluding hydrogens is 250 g/mol. The van der Waals surface area contributed by atoms with Crippen molar-refractivity contribution < 1.29 is 4.79 Å². The minimum Gasteiger partial charge on any atom is -0.321 e. The molecule has 1 aromatic heterocycles. The summed E-state index contributed by atoms with van der Waals surface area (Å²) in [6.07, 6.45) is 4.84. The highest BCUT2D eigenvalue weighted by atomic mass is 16.1. The minimum atomic E-state index is -0.292. The molecule has 0 saturated carbocycles. The van der Waals surface area contributed by atoms with Crippen molar-refractivity contribution in [2.45, 2.75) is 19.3 Å². The lowest BCUT2D eigenvalue weighted by Crippen LogP contribution is -2.13. The Kier molecular flexibility index (Phi) is 3.18. The topological polar surface area (TPSA) is 65.8 Å². The van der Waals surface area contributed by atoms with Crippen molar-refractivity contribution >= 4 is 11.6 Å². The van der Waals surface area contributed by atoms with Gasteiger partial charge < -0.3 is 5.32 Å². The molecule has 1 aromatic carbocycles. The van der Waals surface area contributed by atoms with Gasteiger partial charge in [0, 0.05) is 11.9 Å². The predicted molar refractivity (Wildman–Crippen MR) is 75.4 cm³/mol. The SMILES string of the molecule is N#Cc1ccnc(C(=O)Nc2ccc3c(c2)CCC3)c1. The molecule has 0 spiro atoms. The van der Waals surface area contributed by atoms with E-state index >= 15 is 0 Å². The van der Waals surface area contributed by atoms with Gasteiger partial charge in [-0.25, -0.2) is 0 Å². The molecule has 1 N–H and O–H groups in total. The van der Waals surface area contributed by atoms with E-state index in [1.807, 2.05) is 18.2 Å². The van der Waals surface area contributed by atoms with Gasteiger partial charge in [-0.15, -0.1) is 0 Å². The lowest BCUT2D eigenvalue weighted by molar-refractivity contribution is 0.102. The Labute approximate surface area is 117 Å². The van der Waals surface area contributed by atoms with Crippen LogP contribution in [0.25, 0.3) is 0 Å². The van der Waals surface area contributed by atoms with Crippen LogP contribution in [0.1, 0.15) is 33.6 Å². The Bertz CT molecular complexity index is 716. The summed E-state index contributed by atoms with van der Waals surface area (Å²) in [6, 6.07) is 11.1. The molecule has 4 heteroatoms. The summed E-state index contributed by atoms with van der Waals surface area (Å²) in [5.41, 5.74) is 4.14. The Morgan fingerprint density at radius 3 is 2.90 bits per heavy atom. The lowest BCUT2D eigenvalue weighted by atomic mass is 10.1. The van der Waals surface area contributed by atoms with Gasteiger partial charge in [0.2, 0.25) is 0 Å². The molecule has 1 amide bonds. The number of nitriles is 1. The van der Waals surface area contributed by atoms with Crippen LogP contribution in [0.2, 0.25) is 0 Å². The number of benzene rings is 1. The third kappa shape index (κ3) is 2.39. The van der Waals surface area contributed by atoms with Crippen LogP contribution in [0.3, 0.4) is 0 Å². The highest BCUT2D eigenvalue weighted by molar-refractivity contribution is 6.03. The van der Waals surface area contributed by atoms with Crippen LogP contribution in [0.15, 0.2) is 36.5 Å². The van der Waals surface area contributed by atoms with Crippen molar-refractivity contribution in [3.05, 3.63) is 58.9 Å². The first-order chi connectivity index (χ1) is 9.76. The number of amides is 1. The molecule has 0 fully saturated rings. The maximum absolute atomic E-state index is 12.1. The van der Waals surface area contributed by atoms with Crippen LogP contribution in [-0.2, 0) is 12.8 Å². The molecule has 1 aliphatic carbocycles. The van der Waals surface area contributed by atoms with E-state index in [0.717, 1.165) is 18.5 Å². The number of carbonyl (C=O) groups excluding carboxylic acids is 1. The Morgan fingerprint density at radius 1 is 1.20 bits per heavy atom. The molecule has 0 atom stereocenters. The van der Waals surface area contributed by atoms with Crippen LogP contribution in [-0.4, -0.2) is 10.9 Å². The summed E-state index contributed by atoms with van der Waals surface area (Å²) in [4.78, 5) is 16.1. The zero-order chi connectivity index (χ0) is 13.9. The van der Waals surface area contributed by atoms with Gasteiger partial charge in [-0.2, -0.15) is 5.26 Å². The standard InChI is InChI=1S/C16H13N3O/c17-10-11-6-7-18-15(8-11)16(20)19-14-5-4-12-2-1-3-13(12)9-14/h4-9H,1-3H2,(H,19,20). The highest BCUT2D eigenvalue weighted by Crippen LogP contribution is 2.25. The number of aromatic nitrogens is 1. The second-order valence-electron chi connectivity index (χ2n) is 4.83. The first kappa shape index (κ1) is 12.4. The average molecular weight is 263 g/mol. The van der Waals surface area contributed by atoms with Gasteiger partial charge in [0.05, 0.1) is 11.6 Å². The van der Waals surface area contributed by atoms with Crippen LogP contribution in [0.5, 0.6) is 0 Å². The smallest absolute Gasteiger partial charge is 0.274 e. The Morgan fingerprint density at radius 2 is 2.05 bits per heavy atom. The lowest BCUT2D eigenvalue weighted by Gasteiger charge is -2.07. The summed E-state index contributed by atoms with van der Waals surface area (Å²) in [5, 5.41) is 11.7. The number of hydrogen-bond acceptors (Lipinski definition) is 3. The molecule has 0 aliphatic heterocycles. The van der Waals surface area contributed by atoms with E-state index in [1.165, 1.54) is 29.8 Å². The number of hydrogen-bond donors (Lipinski definition) is 1. The van der Waals surface area contributed by atoms with Crippen molar-refractivity contribution in [2.24, 2.45) is 0 Å². The van der Waals surface area contributed by atoms with Gasteiger partial charge in [0.1, 0.15) is 5.69 Å². The Hall–Kier alpha value is -2.67. The summed E-state index contributed by atoms with van der Waals surface area (Å²) in [6.45, 7) is 0. The first-order valence-corrected chi connectivity index (χ1v) is 6.55. The van der Waals surface area contributed by atoms with Crippen molar-refractivity contribution in [2.75, 3.05) is 5.32 Å². The molecule has 1 aliphatic rings. The number of nitrogens with zero attached hydrogens (tertiary/aromatic N) is 2. The Balaban J connectivity index is 1.80. The fourth-order valence-corrected chi connectivity index (χ4v) is 2.47. The second kappa shape index (κ2) is 5.14. The van der Waals surface area contributed by atoms with Gasteiger partial charge in [0.15, 0.2) is 0 Å². The van der Waals surface area contributed by atoms with E-state index in [2.05, 4.69) is 16.4 Å². The van der Waals surface area contributed by atoms with E-state index in [0.29, 0.717) is 5.56 Å². The maximum Gasteiger partial charge on any atom is 0.274 e. The normalized spacial score (nSPS) is 12.6. The van der Waals surface area contributed by atoms with E-state index < -0.39 is 0 Å². The molecule has 98 valence electrons. The van der Waals surface area contributed by atoms with E-state index in [-0.39, 0.29) is 11.6 Å². The van der Waals surface area contributed by atoms with Crippen LogP contribution in [0.4, 0.5) is 5.69 Å². The largest absolute Gasteiger partial charge is 0.321 e. The fourth-order valence-electron chi connectivity index (χ4n) is 2.47. The number of anilines is 1. The molecular formula is C16H13N3O. The summed E-state index contributed by atoms with van der Waals surface area (Å²) < 4.78 is 0. The highest BCUT2D eigenvalue weighted by Gasteiger charge is 2.13. The molecule has 20 heavy (non-hydrogen) atoms. The number of carbonyl (C=O) groups is 1. The summed E-state index contributed by atoms with van der Waals surface area (Å²) in [5.74, 6) is -0.292. The summed E-state index contributed by atoms with van der Waals surface area (Å²) in [7, 11) is 0. The van der Waals surface area contributed by atoms with Crippen molar-refractivity contribution in [3.8, 4) is 6.07 Å². The number of nitrogens with one attached hydrogen (secondary N) is 1. The van der Waals surface area contributed by atoms with Crippen LogP contribution >= 0.6 is 0 Å². The van der Waals surface area contributed by atoms with Crippen LogP contribution in [0, 0.1) is 11.3 Å². The summed E-state index contributed by atoms with van der Waals surface area (Å²) >= 11 is 0. The fraction of sp³-hybridized carbons (Fsp3) is 0.188.